The standard InChI is InChI=1S/C17H23ClN2O4/c1-12(17(22)20-4-8-24-9-5-20)13-10-14(18)15(11-16(13)21)19-2-6-23-7-3-19/h10-12,21H,2-9H2,1H3. The van der Waals surface area contributed by atoms with E-state index in [1.165, 1.54) is 0 Å². The van der Waals surface area contributed by atoms with E-state index in [1.54, 1.807) is 24.0 Å². The first-order valence-electron chi connectivity index (χ1n) is 8.29. The highest BCUT2D eigenvalue weighted by atomic mass is 35.5. The van der Waals surface area contributed by atoms with Gasteiger partial charge in [-0.15, -0.1) is 0 Å². The number of amides is 1. The first kappa shape index (κ1) is 17.3. The number of aromatic hydroxyl groups is 1. The van der Waals surface area contributed by atoms with Crippen LogP contribution in [0.2, 0.25) is 5.02 Å². The number of carbonyl (C=O) groups excluding carboxylic acids is 1. The Labute approximate surface area is 146 Å². The van der Waals surface area contributed by atoms with Gasteiger partial charge < -0.3 is 24.4 Å². The van der Waals surface area contributed by atoms with Crippen LogP contribution in [0.15, 0.2) is 12.1 Å². The second kappa shape index (κ2) is 7.59. The summed E-state index contributed by atoms with van der Waals surface area (Å²) >= 11 is 6.43. The van der Waals surface area contributed by atoms with E-state index in [0.29, 0.717) is 50.1 Å². The number of hydrogen-bond donors (Lipinski definition) is 1. The molecule has 132 valence electrons. The largest absolute Gasteiger partial charge is 0.508 e. The van der Waals surface area contributed by atoms with Crippen LogP contribution in [0.25, 0.3) is 0 Å². The van der Waals surface area contributed by atoms with E-state index in [9.17, 15) is 9.90 Å². The van der Waals surface area contributed by atoms with Gasteiger partial charge in [0.05, 0.1) is 43.1 Å². The lowest BCUT2D eigenvalue weighted by Crippen LogP contribution is -2.42. The molecule has 0 aromatic heterocycles. The minimum Gasteiger partial charge on any atom is -0.508 e. The van der Waals surface area contributed by atoms with E-state index < -0.39 is 5.92 Å². The van der Waals surface area contributed by atoms with Crippen LogP contribution in [0.3, 0.4) is 0 Å². The molecule has 1 atom stereocenters. The fourth-order valence-electron chi connectivity index (χ4n) is 3.15. The normalized spacial score (nSPS) is 20.1. The number of halogens is 1. The molecule has 1 aromatic rings. The number of phenols is 1. The van der Waals surface area contributed by atoms with Crippen LogP contribution in [0.4, 0.5) is 5.69 Å². The molecule has 2 aliphatic heterocycles. The second-order valence-corrected chi connectivity index (χ2v) is 6.53. The number of phenolic OH excluding ortho intramolecular Hbond substituents is 1. The van der Waals surface area contributed by atoms with Crippen molar-refractivity contribution in [3.63, 3.8) is 0 Å². The Kier molecular flexibility index (Phi) is 5.48. The molecule has 0 bridgehead atoms. The number of carbonyl (C=O) groups is 1. The number of ether oxygens (including phenoxy) is 2. The third-order valence-electron chi connectivity index (χ3n) is 4.61. The molecular formula is C17H23ClN2O4. The molecule has 1 N–H and O–H groups in total. The number of rotatable bonds is 3. The van der Waals surface area contributed by atoms with Crippen molar-refractivity contribution < 1.29 is 19.4 Å². The van der Waals surface area contributed by atoms with Crippen LogP contribution in [-0.4, -0.2) is 68.5 Å². The Hall–Kier alpha value is -1.50. The zero-order valence-electron chi connectivity index (χ0n) is 13.8. The SMILES string of the molecule is CC(C(=O)N1CCOCC1)c1cc(Cl)c(N2CCOCC2)cc1O. The third kappa shape index (κ3) is 3.61. The Morgan fingerprint density at radius 3 is 2.33 bits per heavy atom. The second-order valence-electron chi connectivity index (χ2n) is 6.12. The molecule has 0 spiro atoms. The summed E-state index contributed by atoms with van der Waals surface area (Å²) in [5, 5.41) is 11.0. The number of hydrogen-bond acceptors (Lipinski definition) is 5. The molecule has 2 saturated heterocycles. The van der Waals surface area contributed by atoms with E-state index in [2.05, 4.69) is 4.90 Å². The van der Waals surface area contributed by atoms with Gasteiger partial charge in [-0.2, -0.15) is 0 Å². The lowest BCUT2D eigenvalue weighted by Gasteiger charge is -2.31. The molecule has 2 fully saturated rings. The zero-order valence-corrected chi connectivity index (χ0v) is 14.6. The molecule has 1 unspecified atom stereocenters. The summed E-state index contributed by atoms with van der Waals surface area (Å²) in [4.78, 5) is 16.5. The molecule has 0 radical (unpaired) electrons. The van der Waals surface area contributed by atoms with Gasteiger partial charge in [-0.25, -0.2) is 0 Å². The van der Waals surface area contributed by atoms with Crippen LogP contribution in [-0.2, 0) is 14.3 Å². The average Bonchev–Trinajstić information content (AvgIpc) is 2.63. The van der Waals surface area contributed by atoms with Crippen LogP contribution in [0, 0.1) is 0 Å². The molecule has 7 heteroatoms. The Balaban J connectivity index is 1.80. The summed E-state index contributed by atoms with van der Waals surface area (Å²) in [5.41, 5.74) is 1.35. The first-order valence-corrected chi connectivity index (χ1v) is 8.67. The van der Waals surface area contributed by atoms with Crippen molar-refractivity contribution in [2.45, 2.75) is 12.8 Å². The topological polar surface area (TPSA) is 62.2 Å². The van der Waals surface area contributed by atoms with Crippen LogP contribution in [0.1, 0.15) is 18.4 Å². The summed E-state index contributed by atoms with van der Waals surface area (Å²) in [6, 6.07) is 3.37. The van der Waals surface area contributed by atoms with Crippen molar-refractivity contribution in [2.75, 3.05) is 57.5 Å². The highest BCUT2D eigenvalue weighted by Gasteiger charge is 2.27. The number of anilines is 1. The van der Waals surface area contributed by atoms with Crippen LogP contribution in [0.5, 0.6) is 5.75 Å². The maximum atomic E-state index is 12.6. The van der Waals surface area contributed by atoms with Crippen molar-refractivity contribution in [1.82, 2.24) is 4.90 Å². The number of benzene rings is 1. The summed E-state index contributed by atoms with van der Waals surface area (Å²) in [6.45, 7) is 6.85. The van der Waals surface area contributed by atoms with E-state index in [4.69, 9.17) is 21.1 Å². The highest BCUT2D eigenvalue weighted by molar-refractivity contribution is 6.33. The molecule has 6 nitrogen and oxygen atoms in total. The van der Waals surface area contributed by atoms with Crippen molar-refractivity contribution in [2.24, 2.45) is 0 Å². The van der Waals surface area contributed by atoms with Crippen LogP contribution >= 0.6 is 11.6 Å². The predicted molar refractivity (Wildman–Crippen MR) is 92.0 cm³/mol. The maximum absolute atomic E-state index is 12.6. The van der Waals surface area contributed by atoms with Crippen LogP contribution < -0.4 is 4.90 Å². The van der Waals surface area contributed by atoms with Gasteiger partial charge in [-0.05, 0) is 13.0 Å². The maximum Gasteiger partial charge on any atom is 0.230 e. The third-order valence-corrected chi connectivity index (χ3v) is 4.91. The molecule has 3 rings (SSSR count). The van der Waals surface area contributed by atoms with E-state index in [-0.39, 0.29) is 11.7 Å². The molecule has 0 aliphatic carbocycles. The lowest BCUT2D eigenvalue weighted by molar-refractivity contribution is -0.136. The zero-order chi connectivity index (χ0) is 17.1. The van der Waals surface area contributed by atoms with Crippen molar-refractivity contribution in [1.29, 1.82) is 0 Å². The minimum atomic E-state index is -0.445. The number of nitrogens with zero attached hydrogens (tertiary/aromatic N) is 2. The predicted octanol–water partition coefficient (Wildman–Crippen LogP) is 1.84. The van der Waals surface area contributed by atoms with Gasteiger partial charge in [-0.1, -0.05) is 11.6 Å². The summed E-state index contributed by atoms with van der Waals surface area (Å²) in [5.74, 6) is -0.349. The summed E-state index contributed by atoms with van der Waals surface area (Å²) < 4.78 is 10.6. The molecule has 0 saturated carbocycles. The lowest BCUT2D eigenvalue weighted by atomic mass is 9.97. The van der Waals surface area contributed by atoms with Crippen molar-refractivity contribution in [3.8, 4) is 5.75 Å². The molecule has 2 heterocycles. The quantitative estimate of drug-likeness (QED) is 0.897. The van der Waals surface area contributed by atoms with E-state index in [0.717, 1.165) is 18.8 Å². The molecule has 1 aromatic carbocycles. The average molecular weight is 355 g/mol. The minimum absolute atomic E-state index is 0.0104. The smallest absolute Gasteiger partial charge is 0.230 e. The highest BCUT2D eigenvalue weighted by Crippen LogP contribution is 2.37. The van der Waals surface area contributed by atoms with Gasteiger partial charge in [0, 0.05) is 37.8 Å². The van der Waals surface area contributed by atoms with Gasteiger partial charge in [0.25, 0.3) is 0 Å². The Morgan fingerprint density at radius 2 is 1.71 bits per heavy atom. The van der Waals surface area contributed by atoms with E-state index in [1.807, 2.05) is 0 Å². The molecule has 2 aliphatic rings. The van der Waals surface area contributed by atoms with Gasteiger partial charge in [0.1, 0.15) is 5.75 Å². The number of morpholine rings is 2. The molecule has 24 heavy (non-hydrogen) atoms. The van der Waals surface area contributed by atoms with Gasteiger partial charge >= 0.3 is 0 Å². The van der Waals surface area contributed by atoms with Crippen molar-refractivity contribution >= 4 is 23.2 Å². The monoisotopic (exact) mass is 354 g/mol. The molecule has 1 amide bonds. The summed E-state index contributed by atoms with van der Waals surface area (Å²) in [7, 11) is 0. The Bertz CT molecular complexity index is 598. The fraction of sp³-hybridized carbons (Fsp3) is 0.588. The summed E-state index contributed by atoms with van der Waals surface area (Å²) in [6.07, 6.45) is 0. The van der Waals surface area contributed by atoms with Gasteiger partial charge in [-0.3, -0.25) is 4.79 Å². The van der Waals surface area contributed by atoms with E-state index >= 15 is 0 Å². The van der Waals surface area contributed by atoms with Gasteiger partial charge in [0.2, 0.25) is 5.91 Å². The Morgan fingerprint density at radius 1 is 1.12 bits per heavy atom. The van der Waals surface area contributed by atoms with Gasteiger partial charge in [0.15, 0.2) is 0 Å². The first-order chi connectivity index (χ1) is 11.6. The molecular weight excluding hydrogens is 332 g/mol. The fourth-order valence-corrected chi connectivity index (χ4v) is 3.44. The van der Waals surface area contributed by atoms with Crippen molar-refractivity contribution in [3.05, 3.63) is 22.7 Å².